The van der Waals surface area contributed by atoms with Crippen LogP contribution in [0.2, 0.25) is 0 Å². The largest absolute Gasteiger partial charge is 0.450 e. The summed E-state index contributed by atoms with van der Waals surface area (Å²) >= 11 is 0. The summed E-state index contributed by atoms with van der Waals surface area (Å²) in [5.74, 6) is 0.0481. The van der Waals surface area contributed by atoms with Gasteiger partial charge in [0, 0.05) is 29.6 Å². The molecular formula is C18H16N2O7S. The van der Waals surface area contributed by atoms with Gasteiger partial charge in [-0.05, 0) is 44.2 Å². The van der Waals surface area contributed by atoms with Crippen LogP contribution >= 0.6 is 0 Å². The number of nitrogens with zero attached hydrogens (tertiary/aromatic N) is 1. The van der Waals surface area contributed by atoms with E-state index in [4.69, 9.17) is 9.15 Å². The van der Waals surface area contributed by atoms with Crippen LogP contribution in [0.25, 0.3) is 11.0 Å². The number of nitrogens with one attached hydrogen (secondary N) is 1. The Morgan fingerprint density at radius 1 is 1.11 bits per heavy atom. The third kappa shape index (κ3) is 4.18. The number of fused-ring (bicyclic) bond motifs is 1. The predicted octanol–water partition coefficient (Wildman–Crippen LogP) is 3.18. The van der Waals surface area contributed by atoms with Crippen molar-refractivity contribution in [1.29, 1.82) is 0 Å². The number of sulfonamides is 1. The van der Waals surface area contributed by atoms with Crippen molar-refractivity contribution in [2.75, 3.05) is 0 Å². The van der Waals surface area contributed by atoms with Crippen molar-refractivity contribution in [3.63, 3.8) is 0 Å². The van der Waals surface area contributed by atoms with Crippen LogP contribution in [0.15, 0.2) is 62.6 Å². The third-order valence-electron chi connectivity index (χ3n) is 3.65. The molecule has 1 N–H and O–H groups in total. The molecule has 1 heterocycles. The fraction of sp³-hybridized carbons (Fsp3) is 0.167. The van der Waals surface area contributed by atoms with E-state index in [1.807, 2.05) is 0 Å². The highest BCUT2D eigenvalue weighted by atomic mass is 32.2. The lowest BCUT2D eigenvalue weighted by atomic mass is 10.2. The molecule has 0 atom stereocenters. The van der Waals surface area contributed by atoms with Crippen molar-refractivity contribution in [3.8, 4) is 11.5 Å². The summed E-state index contributed by atoms with van der Waals surface area (Å²) in [6, 6.07) is 10.4. The molecule has 3 rings (SSSR count). The van der Waals surface area contributed by atoms with Gasteiger partial charge in [-0.1, -0.05) is 0 Å². The number of rotatable bonds is 6. The van der Waals surface area contributed by atoms with Crippen molar-refractivity contribution < 1.29 is 22.5 Å². The highest BCUT2D eigenvalue weighted by Crippen LogP contribution is 2.34. The molecule has 2 aromatic carbocycles. The van der Waals surface area contributed by atoms with E-state index in [1.54, 1.807) is 32.0 Å². The van der Waals surface area contributed by atoms with Crippen molar-refractivity contribution >= 4 is 26.7 Å². The lowest BCUT2D eigenvalue weighted by Crippen LogP contribution is -2.30. The van der Waals surface area contributed by atoms with Gasteiger partial charge in [0.2, 0.25) is 15.8 Å². The minimum absolute atomic E-state index is 0.147. The van der Waals surface area contributed by atoms with Crippen molar-refractivity contribution in [2.45, 2.75) is 24.8 Å². The van der Waals surface area contributed by atoms with Gasteiger partial charge < -0.3 is 9.15 Å². The first kappa shape index (κ1) is 19.5. The van der Waals surface area contributed by atoms with Crippen LogP contribution < -0.4 is 15.1 Å². The molecule has 0 amide bonds. The molecule has 9 nitrogen and oxygen atoms in total. The van der Waals surface area contributed by atoms with Crippen LogP contribution in [-0.2, 0) is 10.0 Å². The minimum Gasteiger partial charge on any atom is -0.450 e. The number of hydrogen-bond acceptors (Lipinski definition) is 7. The quantitative estimate of drug-likeness (QED) is 0.379. The highest BCUT2D eigenvalue weighted by Gasteiger charge is 2.23. The molecular weight excluding hydrogens is 388 g/mol. The van der Waals surface area contributed by atoms with Crippen LogP contribution in [0.4, 0.5) is 5.69 Å². The van der Waals surface area contributed by atoms with Crippen molar-refractivity contribution in [2.24, 2.45) is 0 Å². The Kier molecular flexibility index (Phi) is 5.16. The van der Waals surface area contributed by atoms with E-state index in [0.717, 1.165) is 6.07 Å². The molecule has 0 radical (unpaired) electrons. The van der Waals surface area contributed by atoms with Gasteiger partial charge in [0.05, 0.1) is 9.82 Å². The van der Waals surface area contributed by atoms with Crippen LogP contribution in [0.1, 0.15) is 13.8 Å². The second-order valence-corrected chi connectivity index (χ2v) is 7.93. The summed E-state index contributed by atoms with van der Waals surface area (Å²) in [5.41, 5.74) is -0.794. The summed E-state index contributed by atoms with van der Waals surface area (Å²) in [7, 11) is -3.90. The van der Waals surface area contributed by atoms with E-state index < -0.39 is 26.3 Å². The molecule has 0 bridgehead atoms. The van der Waals surface area contributed by atoms with Gasteiger partial charge in [-0.3, -0.25) is 10.1 Å². The Morgan fingerprint density at radius 2 is 1.82 bits per heavy atom. The topological polar surface area (TPSA) is 129 Å². The van der Waals surface area contributed by atoms with Crippen molar-refractivity contribution in [1.82, 2.24) is 4.72 Å². The zero-order valence-corrected chi connectivity index (χ0v) is 15.7. The zero-order valence-electron chi connectivity index (χ0n) is 14.9. The highest BCUT2D eigenvalue weighted by molar-refractivity contribution is 7.89. The average molecular weight is 404 g/mol. The lowest BCUT2D eigenvalue weighted by molar-refractivity contribution is -0.385. The van der Waals surface area contributed by atoms with Gasteiger partial charge >= 0.3 is 11.3 Å². The fourth-order valence-corrected chi connectivity index (χ4v) is 3.77. The first-order valence-corrected chi connectivity index (χ1v) is 9.66. The van der Waals surface area contributed by atoms with Crippen LogP contribution in [0.5, 0.6) is 11.5 Å². The number of ether oxygens (including phenoxy) is 1. The monoisotopic (exact) mass is 404 g/mol. The maximum Gasteiger partial charge on any atom is 0.336 e. The van der Waals surface area contributed by atoms with Crippen LogP contribution in [-0.4, -0.2) is 19.4 Å². The number of benzene rings is 2. The Labute approximate surface area is 159 Å². The van der Waals surface area contributed by atoms with E-state index in [1.165, 1.54) is 24.3 Å². The molecule has 0 saturated carbocycles. The second kappa shape index (κ2) is 7.41. The summed E-state index contributed by atoms with van der Waals surface area (Å²) in [6.07, 6.45) is 0. The van der Waals surface area contributed by atoms with E-state index in [0.29, 0.717) is 5.39 Å². The molecule has 0 spiro atoms. The second-order valence-electron chi connectivity index (χ2n) is 6.22. The van der Waals surface area contributed by atoms with Gasteiger partial charge in [0.15, 0.2) is 0 Å². The molecule has 0 saturated heterocycles. The maximum absolute atomic E-state index is 12.2. The van der Waals surface area contributed by atoms with E-state index >= 15 is 0 Å². The molecule has 28 heavy (non-hydrogen) atoms. The fourth-order valence-electron chi connectivity index (χ4n) is 2.50. The Morgan fingerprint density at radius 3 is 2.50 bits per heavy atom. The molecule has 0 aliphatic rings. The average Bonchev–Trinajstić information content (AvgIpc) is 2.60. The number of nitro benzene ring substituents is 1. The minimum atomic E-state index is -3.90. The first-order valence-electron chi connectivity index (χ1n) is 8.18. The van der Waals surface area contributed by atoms with Gasteiger partial charge in [-0.15, -0.1) is 0 Å². The van der Waals surface area contributed by atoms with Gasteiger partial charge in [-0.25, -0.2) is 17.9 Å². The maximum atomic E-state index is 12.2. The molecule has 0 unspecified atom stereocenters. The molecule has 10 heteroatoms. The molecule has 146 valence electrons. The normalized spacial score (nSPS) is 11.7. The third-order valence-corrected chi connectivity index (χ3v) is 5.31. The zero-order chi connectivity index (χ0) is 20.5. The van der Waals surface area contributed by atoms with E-state index in [2.05, 4.69) is 4.72 Å². The Balaban J connectivity index is 2.00. The van der Waals surface area contributed by atoms with Gasteiger partial charge in [-0.2, -0.15) is 0 Å². The summed E-state index contributed by atoms with van der Waals surface area (Å²) in [6.45, 7) is 3.28. The molecule has 3 aromatic rings. The summed E-state index contributed by atoms with van der Waals surface area (Å²) in [5, 5.41) is 12.1. The van der Waals surface area contributed by atoms with E-state index in [-0.39, 0.29) is 28.0 Å². The van der Waals surface area contributed by atoms with Crippen LogP contribution in [0, 0.1) is 10.1 Å². The van der Waals surface area contributed by atoms with Gasteiger partial charge in [0.1, 0.15) is 11.3 Å². The van der Waals surface area contributed by atoms with E-state index in [9.17, 15) is 23.3 Å². The Bertz CT molecular complexity index is 1220. The number of nitro groups is 1. The lowest BCUT2D eigenvalue weighted by Gasteiger charge is -2.11. The molecule has 0 aliphatic heterocycles. The predicted molar refractivity (Wildman–Crippen MR) is 101 cm³/mol. The SMILES string of the molecule is CC(C)NS(=O)(=O)c1ccc(Oc2ccc3ccc(=O)oc3c2)c([N+](=O)[O-])c1. The Hall–Kier alpha value is -3.24. The van der Waals surface area contributed by atoms with Crippen LogP contribution in [0.3, 0.4) is 0 Å². The molecule has 0 aliphatic carbocycles. The summed E-state index contributed by atoms with van der Waals surface area (Å²) in [4.78, 5) is 21.8. The molecule has 0 fully saturated rings. The molecule has 1 aromatic heterocycles. The smallest absolute Gasteiger partial charge is 0.336 e. The standard InChI is InChI=1S/C18H16N2O7S/c1-11(2)19-28(24,25)14-6-7-16(15(10-14)20(22)23)26-13-5-3-12-4-8-18(21)27-17(12)9-13/h3-11,19H,1-2H3. The summed E-state index contributed by atoms with van der Waals surface area (Å²) < 4.78 is 37.5. The first-order chi connectivity index (χ1) is 13.2. The van der Waals surface area contributed by atoms with Gasteiger partial charge in [0.25, 0.3) is 0 Å². The van der Waals surface area contributed by atoms with Crippen molar-refractivity contribution in [3.05, 3.63) is 69.1 Å². The number of hydrogen-bond donors (Lipinski definition) is 1.